The Balaban J connectivity index is 3.17. The van der Waals surface area contributed by atoms with Gasteiger partial charge in [-0.3, -0.25) is 0 Å². The van der Waals surface area contributed by atoms with Crippen molar-refractivity contribution in [2.75, 3.05) is 6.61 Å². The molecule has 0 unspecified atom stereocenters. The van der Waals surface area contributed by atoms with Crippen LogP contribution in [0.15, 0.2) is 0 Å². The summed E-state index contributed by atoms with van der Waals surface area (Å²) in [6.45, 7) is 1.41. The van der Waals surface area contributed by atoms with Crippen LogP contribution < -0.4 is 0 Å². The second-order valence-electron chi connectivity index (χ2n) is 1.82. The van der Waals surface area contributed by atoms with Gasteiger partial charge in [0.15, 0.2) is 0 Å². The molecule has 0 aliphatic heterocycles. The molecule has 0 aromatic heterocycles. The summed E-state index contributed by atoms with van der Waals surface area (Å²) in [6.07, 6.45) is -1.26. The Labute approximate surface area is 48.6 Å². The molecule has 8 heavy (non-hydrogen) atoms. The second kappa shape index (κ2) is 3.83. The Bertz CT molecular complexity index is 53.6. The van der Waals surface area contributed by atoms with Crippen LogP contribution >= 0.6 is 0 Å². The molecule has 0 aromatic rings. The molecular weight excluding hydrogens is 108 g/mol. The molecule has 50 valence electrons. The summed E-state index contributed by atoms with van der Waals surface area (Å²) >= 11 is 0. The summed E-state index contributed by atoms with van der Waals surface area (Å²) in [7, 11) is 0. The van der Waals surface area contributed by atoms with Crippen LogP contribution in [0.4, 0.5) is 0 Å². The molecule has 0 radical (unpaired) electrons. The van der Waals surface area contributed by atoms with Gasteiger partial charge in [0.05, 0.1) is 12.2 Å². The predicted molar refractivity (Wildman–Crippen MR) is 29.4 cm³/mol. The van der Waals surface area contributed by atoms with Crippen molar-refractivity contribution in [3.05, 3.63) is 0 Å². The molecule has 3 heteroatoms. The first-order valence-corrected chi connectivity index (χ1v) is 2.65. The molecule has 0 aliphatic rings. The monoisotopic (exact) mass is 120 g/mol. The number of rotatable bonds is 3. The maximum Gasteiger partial charge on any atom is 0.0818 e. The normalized spacial score (nSPS) is 18.0. The lowest BCUT2D eigenvalue weighted by molar-refractivity contribution is 0.0162. The third-order valence-corrected chi connectivity index (χ3v) is 0.982. The van der Waals surface area contributed by atoms with Crippen molar-refractivity contribution in [1.82, 2.24) is 0 Å². The highest BCUT2D eigenvalue weighted by Gasteiger charge is 2.08. The first kappa shape index (κ1) is 7.88. The van der Waals surface area contributed by atoms with Crippen molar-refractivity contribution in [3.63, 3.8) is 0 Å². The molecule has 0 saturated heterocycles. The Hall–Kier alpha value is -0.120. The summed E-state index contributed by atoms with van der Waals surface area (Å²) in [5.74, 6) is 0. The second-order valence-corrected chi connectivity index (χ2v) is 1.82. The molecule has 2 atom stereocenters. The van der Waals surface area contributed by atoms with Gasteiger partial charge < -0.3 is 15.3 Å². The van der Waals surface area contributed by atoms with E-state index in [0.29, 0.717) is 0 Å². The van der Waals surface area contributed by atoms with Crippen LogP contribution in [0.5, 0.6) is 0 Å². The van der Waals surface area contributed by atoms with Gasteiger partial charge in [0, 0.05) is 6.61 Å². The van der Waals surface area contributed by atoms with Crippen LogP contribution in [-0.4, -0.2) is 34.1 Å². The van der Waals surface area contributed by atoms with E-state index in [-0.39, 0.29) is 13.0 Å². The largest absolute Gasteiger partial charge is 0.396 e. The van der Waals surface area contributed by atoms with Gasteiger partial charge in [0.25, 0.3) is 0 Å². The lowest BCUT2D eigenvalue weighted by atomic mass is 10.2. The van der Waals surface area contributed by atoms with E-state index in [9.17, 15) is 0 Å². The van der Waals surface area contributed by atoms with Crippen molar-refractivity contribution in [2.24, 2.45) is 0 Å². The van der Waals surface area contributed by atoms with Crippen LogP contribution in [0, 0.1) is 0 Å². The summed E-state index contributed by atoms with van der Waals surface area (Å²) < 4.78 is 0. The van der Waals surface area contributed by atoms with E-state index >= 15 is 0 Å². The van der Waals surface area contributed by atoms with Crippen LogP contribution in [-0.2, 0) is 0 Å². The van der Waals surface area contributed by atoms with E-state index in [0.717, 1.165) is 0 Å². The van der Waals surface area contributed by atoms with Gasteiger partial charge in [-0.2, -0.15) is 0 Å². The topological polar surface area (TPSA) is 60.7 Å². The SMILES string of the molecule is C[C@@H](O)[C@@H](O)CCO. The Morgan fingerprint density at radius 2 is 1.88 bits per heavy atom. The number of hydrogen-bond donors (Lipinski definition) is 3. The lowest BCUT2D eigenvalue weighted by Crippen LogP contribution is -2.23. The van der Waals surface area contributed by atoms with Crippen molar-refractivity contribution >= 4 is 0 Å². The maximum atomic E-state index is 8.72. The van der Waals surface area contributed by atoms with E-state index < -0.39 is 12.2 Å². The van der Waals surface area contributed by atoms with E-state index in [4.69, 9.17) is 15.3 Å². The quantitative estimate of drug-likeness (QED) is 0.453. The Morgan fingerprint density at radius 3 is 2.00 bits per heavy atom. The van der Waals surface area contributed by atoms with Gasteiger partial charge in [0.1, 0.15) is 0 Å². The van der Waals surface area contributed by atoms with Gasteiger partial charge >= 0.3 is 0 Å². The molecule has 0 aromatic carbocycles. The molecule has 3 nitrogen and oxygen atoms in total. The fourth-order valence-corrected chi connectivity index (χ4v) is 0.373. The van der Waals surface area contributed by atoms with Crippen molar-refractivity contribution < 1.29 is 15.3 Å². The Morgan fingerprint density at radius 1 is 1.38 bits per heavy atom. The van der Waals surface area contributed by atoms with Crippen LogP contribution in [0.3, 0.4) is 0 Å². The number of aliphatic hydroxyl groups is 3. The van der Waals surface area contributed by atoms with Gasteiger partial charge in [-0.05, 0) is 13.3 Å². The summed E-state index contributed by atoms with van der Waals surface area (Å²) in [6, 6.07) is 0. The minimum absolute atomic E-state index is 0.0773. The van der Waals surface area contributed by atoms with Crippen molar-refractivity contribution in [3.8, 4) is 0 Å². The standard InChI is InChI=1S/C5H12O3/c1-4(7)5(8)2-3-6/h4-8H,2-3H2,1H3/t4-,5+/m1/s1. The molecule has 0 amide bonds. The maximum absolute atomic E-state index is 8.72. The average molecular weight is 120 g/mol. The third-order valence-electron chi connectivity index (χ3n) is 0.982. The van der Waals surface area contributed by atoms with Gasteiger partial charge in [-0.1, -0.05) is 0 Å². The molecular formula is C5H12O3. The zero-order valence-electron chi connectivity index (χ0n) is 4.91. The highest BCUT2D eigenvalue weighted by Crippen LogP contribution is 1.95. The molecule has 0 heterocycles. The first-order valence-electron chi connectivity index (χ1n) is 2.65. The molecule has 3 N–H and O–H groups in total. The Kier molecular flexibility index (Phi) is 3.77. The van der Waals surface area contributed by atoms with Gasteiger partial charge in [0.2, 0.25) is 0 Å². The highest BCUT2D eigenvalue weighted by atomic mass is 16.3. The molecule has 0 fully saturated rings. The smallest absolute Gasteiger partial charge is 0.0818 e. The van der Waals surface area contributed by atoms with Crippen LogP contribution in [0.2, 0.25) is 0 Å². The van der Waals surface area contributed by atoms with Crippen LogP contribution in [0.25, 0.3) is 0 Å². The predicted octanol–water partition coefficient (Wildman–Crippen LogP) is -0.890. The van der Waals surface area contributed by atoms with E-state index in [2.05, 4.69) is 0 Å². The summed E-state index contributed by atoms with van der Waals surface area (Å²) in [5, 5.41) is 25.5. The molecule has 0 saturated carbocycles. The summed E-state index contributed by atoms with van der Waals surface area (Å²) in [4.78, 5) is 0. The number of aliphatic hydroxyl groups excluding tert-OH is 3. The molecule has 0 spiro atoms. The third kappa shape index (κ3) is 2.96. The van der Waals surface area contributed by atoms with Crippen molar-refractivity contribution in [1.29, 1.82) is 0 Å². The first-order chi connectivity index (χ1) is 3.68. The minimum Gasteiger partial charge on any atom is -0.396 e. The average Bonchev–Trinajstić information content (AvgIpc) is 1.67. The minimum atomic E-state index is -0.778. The summed E-state index contributed by atoms with van der Waals surface area (Å²) in [5.41, 5.74) is 0. The fraction of sp³-hybridized carbons (Fsp3) is 1.00. The zero-order valence-corrected chi connectivity index (χ0v) is 4.91. The van der Waals surface area contributed by atoms with Crippen molar-refractivity contribution in [2.45, 2.75) is 25.6 Å². The fourth-order valence-electron chi connectivity index (χ4n) is 0.373. The molecule has 0 bridgehead atoms. The zero-order chi connectivity index (χ0) is 6.57. The molecule has 0 rings (SSSR count). The van der Waals surface area contributed by atoms with E-state index in [1.54, 1.807) is 0 Å². The number of hydrogen-bond acceptors (Lipinski definition) is 3. The van der Waals surface area contributed by atoms with E-state index in [1.165, 1.54) is 6.92 Å². The lowest BCUT2D eigenvalue weighted by Gasteiger charge is -2.10. The van der Waals surface area contributed by atoms with Gasteiger partial charge in [-0.25, -0.2) is 0 Å². The highest BCUT2D eigenvalue weighted by molar-refractivity contribution is 4.59. The van der Waals surface area contributed by atoms with E-state index in [1.807, 2.05) is 0 Å². The van der Waals surface area contributed by atoms with Gasteiger partial charge in [-0.15, -0.1) is 0 Å². The molecule has 0 aliphatic carbocycles. The van der Waals surface area contributed by atoms with Crippen LogP contribution in [0.1, 0.15) is 13.3 Å².